The smallest absolute Gasteiger partial charge is 0.227 e. The second-order valence-corrected chi connectivity index (χ2v) is 6.20. The summed E-state index contributed by atoms with van der Waals surface area (Å²) in [6, 6.07) is 15.6. The van der Waals surface area contributed by atoms with Crippen LogP contribution in [0.4, 0.5) is 0 Å². The molecule has 1 amide bonds. The summed E-state index contributed by atoms with van der Waals surface area (Å²) in [4.78, 5) is 14.7. The van der Waals surface area contributed by atoms with E-state index in [4.69, 9.17) is 16.3 Å². The molecule has 1 aliphatic rings. The minimum absolute atomic E-state index is 0.0850. The average Bonchev–Trinajstić information content (AvgIpc) is 3.05. The Labute approximate surface area is 141 Å². The van der Waals surface area contributed by atoms with Gasteiger partial charge in [0.25, 0.3) is 0 Å². The van der Waals surface area contributed by atoms with Crippen LogP contribution in [0.3, 0.4) is 0 Å². The molecule has 3 rings (SSSR count). The molecule has 1 heterocycles. The monoisotopic (exact) mass is 329 g/mol. The fourth-order valence-electron chi connectivity index (χ4n) is 3.19. The van der Waals surface area contributed by atoms with Crippen molar-refractivity contribution in [2.24, 2.45) is 0 Å². The Morgan fingerprint density at radius 2 is 2.09 bits per heavy atom. The van der Waals surface area contributed by atoms with Crippen LogP contribution in [-0.4, -0.2) is 24.5 Å². The molecule has 0 saturated carbocycles. The Kier molecular flexibility index (Phi) is 4.87. The van der Waals surface area contributed by atoms with Crippen LogP contribution in [0.1, 0.15) is 30.0 Å². The highest BCUT2D eigenvalue weighted by atomic mass is 35.5. The predicted molar refractivity (Wildman–Crippen MR) is 91.8 cm³/mol. The lowest BCUT2D eigenvalue weighted by molar-refractivity contribution is -0.131. The van der Waals surface area contributed by atoms with Gasteiger partial charge in [0.1, 0.15) is 5.75 Å². The van der Waals surface area contributed by atoms with Crippen molar-refractivity contribution in [3.63, 3.8) is 0 Å². The Hall–Kier alpha value is -2.00. The van der Waals surface area contributed by atoms with E-state index in [1.807, 2.05) is 53.4 Å². The number of halogens is 1. The van der Waals surface area contributed by atoms with E-state index in [0.29, 0.717) is 6.42 Å². The molecule has 1 saturated heterocycles. The van der Waals surface area contributed by atoms with Crippen molar-refractivity contribution in [1.82, 2.24) is 4.90 Å². The van der Waals surface area contributed by atoms with E-state index < -0.39 is 0 Å². The fraction of sp³-hybridized carbons (Fsp3) is 0.316. The van der Waals surface area contributed by atoms with Gasteiger partial charge in [0.2, 0.25) is 5.91 Å². The third kappa shape index (κ3) is 3.50. The van der Waals surface area contributed by atoms with Crippen molar-refractivity contribution in [3.8, 4) is 5.75 Å². The summed E-state index contributed by atoms with van der Waals surface area (Å²) in [5.74, 6) is 0.917. The third-order valence-corrected chi connectivity index (χ3v) is 4.67. The number of nitrogens with zero attached hydrogens (tertiary/aromatic N) is 1. The van der Waals surface area contributed by atoms with E-state index in [2.05, 4.69) is 0 Å². The molecule has 0 unspecified atom stereocenters. The van der Waals surface area contributed by atoms with E-state index in [-0.39, 0.29) is 11.9 Å². The Morgan fingerprint density at radius 1 is 1.26 bits per heavy atom. The zero-order chi connectivity index (χ0) is 16.2. The van der Waals surface area contributed by atoms with Gasteiger partial charge in [0.05, 0.1) is 19.6 Å². The lowest BCUT2D eigenvalue weighted by atomic mass is 10.0. The minimum Gasteiger partial charge on any atom is -0.497 e. The number of rotatable bonds is 4. The lowest BCUT2D eigenvalue weighted by Crippen LogP contribution is -2.32. The number of ether oxygens (including phenoxy) is 1. The van der Waals surface area contributed by atoms with Gasteiger partial charge in [-0.2, -0.15) is 0 Å². The molecular weight excluding hydrogens is 310 g/mol. The van der Waals surface area contributed by atoms with Crippen molar-refractivity contribution in [3.05, 3.63) is 64.7 Å². The summed E-state index contributed by atoms with van der Waals surface area (Å²) >= 11 is 6.32. The maximum atomic E-state index is 12.8. The Bertz CT molecular complexity index is 701. The molecule has 0 aromatic heterocycles. The normalized spacial score (nSPS) is 17.3. The first kappa shape index (κ1) is 15.9. The molecular formula is C19H20ClNO2. The highest BCUT2D eigenvalue weighted by Crippen LogP contribution is 2.36. The number of carbonyl (C=O) groups is 1. The molecule has 0 bridgehead atoms. The molecule has 120 valence electrons. The molecule has 1 aliphatic heterocycles. The van der Waals surface area contributed by atoms with Crippen molar-refractivity contribution in [2.75, 3.05) is 13.7 Å². The maximum Gasteiger partial charge on any atom is 0.227 e. The van der Waals surface area contributed by atoms with Crippen LogP contribution in [-0.2, 0) is 11.2 Å². The summed E-state index contributed by atoms with van der Waals surface area (Å²) in [5, 5.41) is 0.735. The quantitative estimate of drug-likeness (QED) is 0.839. The Balaban J connectivity index is 1.77. The number of benzene rings is 2. The van der Waals surface area contributed by atoms with Gasteiger partial charge in [-0.15, -0.1) is 0 Å². The molecule has 0 radical (unpaired) electrons. The number of hydrogen-bond donors (Lipinski definition) is 0. The molecule has 0 spiro atoms. The van der Waals surface area contributed by atoms with E-state index in [1.165, 1.54) is 0 Å². The van der Waals surface area contributed by atoms with Crippen molar-refractivity contribution in [1.29, 1.82) is 0 Å². The number of hydrogen-bond acceptors (Lipinski definition) is 2. The number of likely N-dealkylation sites (tertiary alicyclic amines) is 1. The molecule has 0 N–H and O–H groups in total. The summed E-state index contributed by atoms with van der Waals surface area (Å²) in [6.07, 6.45) is 2.37. The second-order valence-electron chi connectivity index (χ2n) is 5.79. The van der Waals surface area contributed by atoms with Gasteiger partial charge in [-0.05, 0) is 42.2 Å². The van der Waals surface area contributed by atoms with E-state index in [9.17, 15) is 4.79 Å². The van der Waals surface area contributed by atoms with E-state index in [1.54, 1.807) is 7.11 Å². The molecule has 4 heteroatoms. The van der Waals surface area contributed by atoms with E-state index >= 15 is 0 Å². The number of methoxy groups -OCH3 is 1. The van der Waals surface area contributed by atoms with Crippen LogP contribution in [0.5, 0.6) is 5.75 Å². The largest absolute Gasteiger partial charge is 0.497 e. The zero-order valence-corrected chi connectivity index (χ0v) is 13.9. The summed E-state index contributed by atoms with van der Waals surface area (Å²) in [5.41, 5.74) is 2.02. The summed E-state index contributed by atoms with van der Waals surface area (Å²) < 4.78 is 5.23. The highest BCUT2D eigenvalue weighted by Gasteiger charge is 2.30. The molecule has 2 aromatic rings. The van der Waals surface area contributed by atoms with Gasteiger partial charge >= 0.3 is 0 Å². The number of amides is 1. The molecule has 0 aliphatic carbocycles. The van der Waals surface area contributed by atoms with Crippen LogP contribution < -0.4 is 4.74 Å². The van der Waals surface area contributed by atoms with Gasteiger partial charge in [-0.1, -0.05) is 41.9 Å². The first-order chi connectivity index (χ1) is 11.2. The molecule has 1 fully saturated rings. The first-order valence-corrected chi connectivity index (χ1v) is 8.23. The summed E-state index contributed by atoms with van der Waals surface area (Å²) in [7, 11) is 1.63. The van der Waals surface area contributed by atoms with Crippen molar-refractivity contribution in [2.45, 2.75) is 25.3 Å². The molecule has 2 aromatic carbocycles. The minimum atomic E-state index is 0.0850. The van der Waals surface area contributed by atoms with Crippen LogP contribution in [0.15, 0.2) is 48.5 Å². The molecule has 23 heavy (non-hydrogen) atoms. The standard InChI is InChI=1S/C19H20ClNO2/c1-23-15-7-4-6-14(12-15)13-19(22)21-11-5-10-18(21)16-8-2-3-9-17(16)20/h2-4,6-9,12,18H,5,10-11,13H2,1H3/t18-/m0/s1. The van der Waals surface area contributed by atoms with Crippen molar-refractivity contribution < 1.29 is 9.53 Å². The zero-order valence-electron chi connectivity index (χ0n) is 13.2. The van der Waals surface area contributed by atoms with Crippen LogP contribution in [0.25, 0.3) is 0 Å². The van der Waals surface area contributed by atoms with Gasteiger partial charge in [0.15, 0.2) is 0 Å². The van der Waals surface area contributed by atoms with Gasteiger partial charge in [-0.3, -0.25) is 4.79 Å². The van der Waals surface area contributed by atoms with Gasteiger partial charge < -0.3 is 9.64 Å². The van der Waals surface area contributed by atoms with Gasteiger partial charge in [-0.25, -0.2) is 0 Å². The SMILES string of the molecule is COc1cccc(CC(=O)N2CCC[C@H]2c2ccccc2Cl)c1. The Morgan fingerprint density at radius 3 is 2.87 bits per heavy atom. The third-order valence-electron chi connectivity index (χ3n) is 4.33. The van der Waals surface area contributed by atoms with E-state index in [0.717, 1.165) is 41.3 Å². The number of carbonyl (C=O) groups excluding carboxylic acids is 1. The summed E-state index contributed by atoms with van der Waals surface area (Å²) in [6.45, 7) is 0.790. The maximum absolute atomic E-state index is 12.8. The van der Waals surface area contributed by atoms with Crippen molar-refractivity contribution >= 4 is 17.5 Å². The highest BCUT2D eigenvalue weighted by molar-refractivity contribution is 6.31. The predicted octanol–water partition coefficient (Wildman–Crippen LogP) is 4.25. The topological polar surface area (TPSA) is 29.5 Å². The second kappa shape index (κ2) is 7.05. The average molecular weight is 330 g/mol. The van der Waals surface area contributed by atoms with Crippen LogP contribution in [0.2, 0.25) is 5.02 Å². The molecule has 3 nitrogen and oxygen atoms in total. The van der Waals surface area contributed by atoms with Gasteiger partial charge in [0, 0.05) is 11.6 Å². The first-order valence-electron chi connectivity index (χ1n) is 7.86. The lowest BCUT2D eigenvalue weighted by Gasteiger charge is -2.26. The van der Waals surface area contributed by atoms with Crippen LogP contribution >= 0.6 is 11.6 Å². The van der Waals surface area contributed by atoms with Crippen LogP contribution in [0, 0.1) is 0 Å². The molecule has 1 atom stereocenters. The fourth-order valence-corrected chi connectivity index (χ4v) is 3.45.